The molecule has 98 valence electrons. The van der Waals surface area contributed by atoms with Gasteiger partial charge in [0.25, 0.3) is 0 Å². The Balaban J connectivity index is 1.62. The van der Waals surface area contributed by atoms with E-state index < -0.39 is 0 Å². The maximum absolute atomic E-state index is 12.8. The molecule has 0 spiro atoms. The second kappa shape index (κ2) is 5.31. The normalized spacial score (nSPS) is 18.6. The van der Waals surface area contributed by atoms with Crippen LogP contribution in [0.1, 0.15) is 6.42 Å². The zero-order valence-corrected chi connectivity index (χ0v) is 10.7. The third kappa shape index (κ3) is 2.87. The van der Waals surface area contributed by atoms with E-state index in [0.717, 1.165) is 25.2 Å². The van der Waals surface area contributed by atoms with Crippen molar-refractivity contribution < 1.29 is 4.39 Å². The molecule has 1 fully saturated rings. The molecule has 3 heteroatoms. The Labute approximate surface area is 112 Å². The summed E-state index contributed by atoms with van der Waals surface area (Å²) in [5.74, 6) is -0.192. The van der Waals surface area contributed by atoms with Crippen molar-refractivity contribution >= 4 is 11.4 Å². The Kier molecular flexibility index (Phi) is 3.36. The summed E-state index contributed by atoms with van der Waals surface area (Å²) in [6, 6.07) is 17.4. The molecular weight excluding hydrogens is 239 g/mol. The van der Waals surface area contributed by atoms with Crippen LogP contribution in [0, 0.1) is 5.82 Å². The summed E-state index contributed by atoms with van der Waals surface area (Å²) >= 11 is 0. The third-order valence-corrected chi connectivity index (χ3v) is 3.52. The predicted molar refractivity (Wildman–Crippen MR) is 77.1 cm³/mol. The zero-order valence-electron chi connectivity index (χ0n) is 10.7. The monoisotopic (exact) mass is 256 g/mol. The summed E-state index contributed by atoms with van der Waals surface area (Å²) in [7, 11) is 0. The summed E-state index contributed by atoms with van der Waals surface area (Å²) in [6.07, 6.45) is 1.10. The first kappa shape index (κ1) is 12.0. The zero-order chi connectivity index (χ0) is 13.1. The Morgan fingerprint density at radius 1 is 1.00 bits per heavy atom. The van der Waals surface area contributed by atoms with Crippen molar-refractivity contribution in [3.05, 3.63) is 60.4 Å². The molecule has 0 bridgehead atoms. The number of benzene rings is 2. The van der Waals surface area contributed by atoms with Crippen LogP contribution >= 0.6 is 0 Å². The Bertz CT molecular complexity index is 524. The van der Waals surface area contributed by atoms with Crippen LogP contribution in [0.2, 0.25) is 0 Å². The Hall–Kier alpha value is -2.03. The summed E-state index contributed by atoms with van der Waals surface area (Å²) < 4.78 is 12.8. The molecule has 1 atom stereocenters. The largest absolute Gasteiger partial charge is 0.380 e. The first-order valence-electron chi connectivity index (χ1n) is 6.63. The quantitative estimate of drug-likeness (QED) is 0.904. The molecule has 0 saturated carbocycles. The average molecular weight is 256 g/mol. The minimum Gasteiger partial charge on any atom is -0.380 e. The second-order valence-electron chi connectivity index (χ2n) is 4.92. The van der Waals surface area contributed by atoms with Crippen molar-refractivity contribution in [2.45, 2.75) is 12.5 Å². The lowest BCUT2D eigenvalue weighted by Gasteiger charge is -2.19. The fourth-order valence-electron chi connectivity index (χ4n) is 2.53. The lowest BCUT2D eigenvalue weighted by atomic mass is 10.2. The van der Waals surface area contributed by atoms with Crippen molar-refractivity contribution in [3.8, 4) is 0 Å². The van der Waals surface area contributed by atoms with Crippen LogP contribution in [0.3, 0.4) is 0 Å². The fraction of sp³-hybridized carbons (Fsp3) is 0.250. The van der Waals surface area contributed by atoms with E-state index in [9.17, 15) is 4.39 Å². The van der Waals surface area contributed by atoms with E-state index in [1.165, 1.54) is 17.8 Å². The van der Waals surface area contributed by atoms with E-state index in [1.807, 2.05) is 6.07 Å². The minimum absolute atomic E-state index is 0.192. The van der Waals surface area contributed by atoms with Gasteiger partial charge in [-0.3, -0.25) is 0 Å². The van der Waals surface area contributed by atoms with Crippen molar-refractivity contribution in [1.82, 2.24) is 0 Å². The van der Waals surface area contributed by atoms with Gasteiger partial charge in [-0.2, -0.15) is 0 Å². The summed E-state index contributed by atoms with van der Waals surface area (Å²) in [5, 5.41) is 3.46. The van der Waals surface area contributed by atoms with Gasteiger partial charge in [0.15, 0.2) is 0 Å². The molecule has 1 saturated heterocycles. The van der Waals surface area contributed by atoms with Crippen molar-refractivity contribution in [2.24, 2.45) is 0 Å². The van der Waals surface area contributed by atoms with Crippen molar-refractivity contribution in [3.63, 3.8) is 0 Å². The van der Waals surface area contributed by atoms with Crippen LogP contribution in [0.25, 0.3) is 0 Å². The maximum Gasteiger partial charge on any atom is 0.123 e. The van der Waals surface area contributed by atoms with E-state index in [-0.39, 0.29) is 5.82 Å². The van der Waals surface area contributed by atoms with Gasteiger partial charge < -0.3 is 10.2 Å². The molecule has 2 aromatic rings. The standard InChI is InChI=1S/C16H17FN2/c17-13-6-8-14(9-7-13)18-15-10-11-19(12-15)16-4-2-1-3-5-16/h1-9,15,18H,10-12H2. The van der Waals surface area contributed by atoms with Crippen LogP contribution in [0.5, 0.6) is 0 Å². The highest BCUT2D eigenvalue weighted by Crippen LogP contribution is 2.22. The highest BCUT2D eigenvalue weighted by Gasteiger charge is 2.22. The number of halogens is 1. The Morgan fingerprint density at radius 3 is 2.47 bits per heavy atom. The van der Waals surface area contributed by atoms with E-state index in [2.05, 4.69) is 34.5 Å². The van der Waals surface area contributed by atoms with E-state index >= 15 is 0 Å². The predicted octanol–water partition coefficient (Wildman–Crippen LogP) is 3.52. The smallest absolute Gasteiger partial charge is 0.123 e. The van der Waals surface area contributed by atoms with Gasteiger partial charge in [0.05, 0.1) is 0 Å². The van der Waals surface area contributed by atoms with Crippen LogP contribution in [-0.2, 0) is 0 Å². The molecule has 1 heterocycles. The number of hydrogen-bond acceptors (Lipinski definition) is 2. The van der Waals surface area contributed by atoms with Gasteiger partial charge in [-0.25, -0.2) is 4.39 Å². The van der Waals surface area contributed by atoms with Gasteiger partial charge in [-0.15, -0.1) is 0 Å². The maximum atomic E-state index is 12.8. The highest BCUT2D eigenvalue weighted by atomic mass is 19.1. The van der Waals surface area contributed by atoms with Crippen LogP contribution in [0.4, 0.5) is 15.8 Å². The number of hydrogen-bond donors (Lipinski definition) is 1. The molecule has 3 rings (SSSR count). The lowest BCUT2D eigenvalue weighted by Crippen LogP contribution is -2.25. The number of nitrogens with one attached hydrogen (secondary N) is 1. The lowest BCUT2D eigenvalue weighted by molar-refractivity contribution is 0.628. The second-order valence-corrected chi connectivity index (χ2v) is 4.92. The molecular formula is C16H17FN2. The van der Waals surface area contributed by atoms with Crippen LogP contribution in [0.15, 0.2) is 54.6 Å². The summed E-state index contributed by atoms with van der Waals surface area (Å²) in [5.41, 5.74) is 2.26. The minimum atomic E-state index is -0.192. The molecule has 0 amide bonds. The van der Waals surface area contributed by atoms with Gasteiger partial charge in [-0.1, -0.05) is 18.2 Å². The first-order valence-corrected chi connectivity index (χ1v) is 6.63. The van der Waals surface area contributed by atoms with Gasteiger partial charge >= 0.3 is 0 Å². The molecule has 19 heavy (non-hydrogen) atoms. The number of rotatable bonds is 3. The van der Waals surface area contributed by atoms with Crippen LogP contribution in [-0.4, -0.2) is 19.1 Å². The molecule has 1 unspecified atom stereocenters. The van der Waals surface area contributed by atoms with Gasteiger partial charge in [0.2, 0.25) is 0 Å². The summed E-state index contributed by atoms with van der Waals surface area (Å²) in [4.78, 5) is 2.38. The Morgan fingerprint density at radius 2 is 1.74 bits per heavy atom. The van der Waals surface area contributed by atoms with Crippen molar-refractivity contribution in [1.29, 1.82) is 0 Å². The molecule has 0 aliphatic carbocycles. The first-order chi connectivity index (χ1) is 9.31. The molecule has 2 aromatic carbocycles. The third-order valence-electron chi connectivity index (χ3n) is 3.52. The van der Waals surface area contributed by atoms with Gasteiger partial charge in [-0.05, 0) is 42.8 Å². The van der Waals surface area contributed by atoms with Crippen LogP contribution < -0.4 is 10.2 Å². The molecule has 1 aliphatic rings. The molecule has 1 N–H and O–H groups in total. The molecule has 1 aliphatic heterocycles. The SMILES string of the molecule is Fc1ccc(NC2CCN(c3ccccc3)C2)cc1. The molecule has 2 nitrogen and oxygen atoms in total. The van der Waals surface area contributed by atoms with E-state index in [0.29, 0.717) is 6.04 Å². The highest BCUT2D eigenvalue weighted by molar-refractivity contribution is 5.50. The van der Waals surface area contributed by atoms with Gasteiger partial charge in [0, 0.05) is 30.5 Å². The van der Waals surface area contributed by atoms with Gasteiger partial charge in [0.1, 0.15) is 5.82 Å². The number of para-hydroxylation sites is 1. The fourth-order valence-corrected chi connectivity index (χ4v) is 2.53. The number of anilines is 2. The average Bonchev–Trinajstić information content (AvgIpc) is 2.91. The van der Waals surface area contributed by atoms with Crippen molar-refractivity contribution in [2.75, 3.05) is 23.3 Å². The number of nitrogens with zero attached hydrogens (tertiary/aromatic N) is 1. The molecule has 0 aromatic heterocycles. The topological polar surface area (TPSA) is 15.3 Å². The van der Waals surface area contributed by atoms with E-state index in [1.54, 1.807) is 12.1 Å². The van der Waals surface area contributed by atoms with E-state index in [4.69, 9.17) is 0 Å². The molecule has 0 radical (unpaired) electrons. The summed E-state index contributed by atoms with van der Waals surface area (Å²) in [6.45, 7) is 2.05.